The van der Waals surface area contributed by atoms with Gasteiger partial charge in [-0.1, -0.05) is 18.5 Å². The minimum absolute atomic E-state index is 0.749. The Balaban J connectivity index is 1.78. The molecule has 20 heavy (non-hydrogen) atoms. The van der Waals surface area contributed by atoms with E-state index in [1.54, 1.807) is 0 Å². The largest absolute Gasteiger partial charge is 0.351 e. The monoisotopic (exact) mass is 307 g/mol. The summed E-state index contributed by atoms with van der Waals surface area (Å²) in [6.07, 6.45) is 3.01. The smallest absolute Gasteiger partial charge is 0.147 e. The number of aromatic nitrogens is 1. The van der Waals surface area contributed by atoms with E-state index < -0.39 is 0 Å². The molecule has 106 valence electrons. The molecule has 5 heteroatoms. The molecule has 0 amide bonds. The molecular weight excluding hydrogens is 290 g/mol. The second kappa shape index (κ2) is 6.12. The van der Waals surface area contributed by atoms with Crippen molar-refractivity contribution in [2.45, 2.75) is 26.4 Å². The minimum Gasteiger partial charge on any atom is -0.351 e. The number of halogens is 1. The number of rotatable bonds is 4. The zero-order chi connectivity index (χ0) is 13.9. The fourth-order valence-corrected chi connectivity index (χ4v) is 3.70. The lowest BCUT2D eigenvalue weighted by Gasteiger charge is -2.28. The van der Waals surface area contributed by atoms with Gasteiger partial charge in [0, 0.05) is 30.7 Å². The Morgan fingerprint density at radius 3 is 3.20 bits per heavy atom. The number of anilines is 1. The standard InChI is InChI=1S/C15H18ClN3S/c1-2-17-8-11-7-13(16)15(18-9-11)19-5-3-14-12(10-19)4-6-20-14/h4,6-7,9,17H,2-3,5,8,10H2,1H3. The first kappa shape index (κ1) is 13.9. The van der Waals surface area contributed by atoms with Gasteiger partial charge < -0.3 is 10.2 Å². The number of hydrogen-bond donors (Lipinski definition) is 1. The van der Waals surface area contributed by atoms with Gasteiger partial charge in [-0.2, -0.15) is 0 Å². The van der Waals surface area contributed by atoms with Gasteiger partial charge in [-0.15, -0.1) is 11.3 Å². The molecular formula is C15H18ClN3S. The first-order valence-electron chi connectivity index (χ1n) is 6.93. The van der Waals surface area contributed by atoms with Gasteiger partial charge >= 0.3 is 0 Å². The summed E-state index contributed by atoms with van der Waals surface area (Å²) in [5.74, 6) is 0.906. The van der Waals surface area contributed by atoms with E-state index in [1.807, 2.05) is 23.6 Å². The van der Waals surface area contributed by atoms with Crippen LogP contribution in [-0.4, -0.2) is 18.1 Å². The van der Waals surface area contributed by atoms with Crippen LogP contribution < -0.4 is 10.2 Å². The van der Waals surface area contributed by atoms with Gasteiger partial charge in [0.25, 0.3) is 0 Å². The number of fused-ring (bicyclic) bond motifs is 1. The molecule has 3 nitrogen and oxygen atoms in total. The molecule has 0 bridgehead atoms. The van der Waals surface area contributed by atoms with Crippen LogP contribution in [0.15, 0.2) is 23.7 Å². The van der Waals surface area contributed by atoms with Crippen molar-refractivity contribution >= 4 is 28.8 Å². The van der Waals surface area contributed by atoms with Gasteiger partial charge in [-0.05, 0) is 41.6 Å². The molecule has 3 rings (SSSR count). The Kier molecular flexibility index (Phi) is 4.24. The van der Waals surface area contributed by atoms with Crippen molar-refractivity contribution in [3.8, 4) is 0 Å². The molecule has 0 fully saturated rings. The van der Waals surface area contributed by atoms with Gasteiger partial charge in [-0.3, -0.25) is 0 Å². The van der Waals surface area contributed by atoms with Crippen LogP contribution in [0.5, 0.6) is 0 Å². The van der Waals surface area contributed by atoms with E-state index in [9.17, 15) is 0 Å². The zero-order valence-corrected chi connectivity index (χ0v) is 13.1. The third kappa shape index (κ3) is 2.82. The fraction of sp³-hybridized carbons (Fsp3) is 0.400. The topological polar surface area (TPSA) is 28.2 Å². The van der Waals surface area contributed by atoms with Crippen LogP contribution in [0, 0.1) is 0 Å². The zero-order valence-electron chi connectivity index (χ0n) is 11.5. The summed E-state index contributed by atoms with van der Waals surface area (Å²) < 4.78 is 0. The number of hydrogen-bond acceptors (Lipinski definition) is 4. The number of thiophene rings is 1. The summed E-state index contributed by atoms with van der Waals surface area (Å²) in [6.45, 7) is 5.77. The average Bonchev–Trinajstić information content (AvgIpc) is 2.92. The van der Waals surface area contributed by atoms with E-state index in [1.165, 1.54) is 10.4 Å². The molecule has 1 aliphatic heterocycles. The quantitative estimate of drug-likeness (QED) is 0.937. The van der Waals surface area contributed by atoms with Crippen LogP contribution in [-0.2, 0) is 19.5 Å². The summed E-state index contributed by atoms with van der Waals surface area (Å²) in [6, 6.07) is 4.23. The Bertz CT molecular complexity index is 597. The first-order chi connectivity index (χ1) is 9.78. The Morgan fingerprint density at radius 2 is 2.40 bits per heavy atom. The average molecular weight is 308 g/mol. The van der Waals surface area contributed by atoms with Crippen molar-refractivity contribution in [3.63, 3.8) is 0 Å². The maximum atomic E-state index is 6.41. The summed E-state index contributed by atoms with van der Waals surface area (Å²) >= 11 is 8.26. The maximum Gasteiger partial charge on any atom is 0.147 e. The van der Waals surface area contributed by atoms with E-state index in [-0.39, 0.29) is 0 Å². The molecule has 0 atom stereocenters. The Labute approximate surface area is 128 Å². The summed E-state index contributed by atoms with van der Waals surface area (Å²) in [7, 11) is 0. The molecule has 2 aromatic heterocycles. The Hall–Kier alpha value is -1.10. The van der Waals surface area contributed by atoms with Crippen molar-refractivity contribution in [2.24, 2.45) is 0 Å². The highest BCUT2D eigenvalue weighted by atomic mass is 35.5. The van der Waals surface area contributed by atoms with Crippen molar-refractivity contribution in [2.75, 3.05) is 18.0 Å². The Morgan fingerprint density at radius 1 is 1.50 bits per heavy atom. The normalized spacial score (nSPS) is 14.4. The van der Waals surface area contributed by atoms with E-state index in [0.717, 1.165) is 49.0 Å². The van der Waals surface area contributed by atoms with Gasteiger partial charge in [0.05, 0.1) is 5.02 Å². The van der Waals surface area contributed by atoms with E-state index >= 15 is 0 Å². The van der Waals surface area contributed by atoms with Gasteiger partial charge in [0.15, 0.2) is 0 Å². The maximum absolute atomic E-state index is 6.41. The van der Waals surface area contributed by atoms with Crippen molar-refractivity contribution in [1.82, 2.24) is 10.3 Å². The molecule has 0 spiro atoms. The van der Waals surface area contributed by atoms with Crippen LogP contribution >= 0.6 is 22.9 Å². The third-order valence-corrected chi connectivity index (χ3v) is 4.87. The molecule has 2 aromatic rings. The summed E-state index contributed by atoms with van der Waals surface area (Å²) in [5.41, 5.74) is 2.55. The number of pyridine rings is 1. The van der Waals surface area contributed by atoms with Crippen LogP contribution in [0.4, 0.5) is 5.82 Å². The summed E-state index contributed by atoms with van der Waals surface area (Å²) in [4.78, 5) is 8.34. The highest BCUT2D eigenvalue weighted by Gasteiger charge is 2.20. The lowest BCUT2D eigenvalue weighted by atomic mass is 10.1. The van der Waals surface area contributed by atoms with Crippen LogP contribution in [0.1, 0.15) is 22.9 Å². The third-order valence-electron chi connectivity index (χ3n) is 3.56. The second-order valence-corrected chi connectivity index (χ2v) is 6.38. The van der Waals surface area contributed by atoms with Crippen LogP contribution in [0.25, 0.3) is 0 Å². The minimum atomic E-state index is 0.749. The SMILES string of the molecule is CCNCc1cnc(N2CCc3sccc3C2)c(Cl)c1. The van der Waals surface area contributed by atoms with E-state index in [0.29, 0.717) is 0 Å². The first-order valence-corrected chi connectivity index (χ1v) is 8.19. The molecule has 3 heterocycles. The predicted octanol–water partition coefficient (Wildman–Crippen LogP) is 3.47. The van der Waals surface area contributed by atoms with Gasteiger partial charge in [0.1, 0.15) is 5.82 Å². The molecule has 0 saturated carbocycles. The molecule has 1 N–H and O–H groups in total. The van der Waals surface area contributed by atoms with Gasteiger partial charge in [-0.25, -0.2) is 4.98 Å². The van der Waals surface area contributed by atoms with Gasteiger partial charge in [0.2, 0.25) is 0 Å². The molecule has 0 saturated heterocycles. The molecule has 0 unspecified atom stereocenters. The van der Waals surface area contributed by atoms with Crippen molar-refractivity contribution in [3.05, 3.63) is 44.7 Å². The van der Waals surface area contributed by atoms with Crippen LogP contribution in [0.3, 0.4) is 0 Å². The van der Waals surface area contributed by atoms with Crippen LogP contribution in [0.2, 0.25) is 5.02 Å². The molecule has 0 radical (unpaired) electrons. The highest BCUT2D eigenvalue weighted by Crippen LogP contribution is 2.30. The molecule has 0 aromatic carbocycles. The van der Waals surface area contributed by atoms with E-state index in [4.69, 9.17) is 11.6 Å². The fourth-order valence-electron chi connectivity index (χ4n) is 2.50. The molecule has 0 aliphatic carbocycles. The number of nitrogens with one attached hydrogen (secondary N) is 1. The van der Waals surface area contributed by atoms with Crippen molar-refractivity contribution in [1.29, 1.82) is 0 Å². The highest BCUT2D eigenvalue weighted by molar-refractivity contribution is 7.10. The lowest BCUT2D eigenvalue weighted by Crippen LogP contribution is -2.30. The lowest BCUT2D eigenvalue weighted by molar-refractivity contribution is 0.716. The summed E-state index contributed by atoms with van der Waals surface area (Å²) in [5, 5.41) is 6.21. The van der Waals surface area contributed by atoms with Crippen molar-refractivity contribution < 1.29 is 0 Å². The number of nitrogens with zero attached hydrogens (tertiary/aromatic N) is 2. The molecule has 1 aliphatic rings. The predicted molar refractivity (Wildman–Crippen MR) is 85.7 cm³/mol. The van der Waals surface area contributed by atoms with E-state index in [2.05, 4.69) is 33.6 Å². The second-order valence-electron chi connectivity index (χ2n) is 4.97.